The number of rotatable bonds is 3. The molecule has 0 unspecified atom stereocenters. The molecule has 126 valence electrons. The van der Waals surface area contributed by atoms with E-state index >= 15 is 0 Å². The summed E-state index contributed by atoms with van der Waals surface area (Å²) in [5.41, 5.74) is 3.10. The molecule has 1 aliphatic rings. The lowest BCUT2D eigenvalue weighted by Gasteiger charge is -2.25. The van der Waals surface area contributed by atoms with Crippen molar-refractivity contribution in [3.05, 3.63) is 57.5 Å². The average molecular weight is 326 g/mol. The predicted molar refractivity (Wildman–Crippen MR) is 94.1 cm³/mol. The monoisotopic (exact) mass is 326 g/mol. The Kier molecular flexibility index (Phi) is 4.42. The second-order valence-corrected chi connectivity index (χ2v) is 6.18. The second-order valence-electron chi connectivity index (χ2n) is 6.18. The highest BCUT2D eigenvalue weighted by atomic mass is 16.5. The molecule has 0 bridgehead atoms. The number of methoxy groups -OCH3 is 1. The molecule has 0 N–H and O–H groups in total. The number of ether oxygens (including phenoxy) is 1. The Balaban J connectivity index is 2.11. The van der Waals surface area contributed by atoms with E-state index in [1.54, 1.807) is 16.5 Å². The molecular weight excluding hydrogens is 304 g/mol. The molecule has 1 amide bonds. The molecular formula is C19H22N2O3. The van der Waals surface area contributed by atoms with Crippen molar-refractivity contribution >= 4 is 11.6 Å². The van der Waals surface area contributed by atoms with Crippen LogP contribution in [0, 0.1) is 6.92 Å². The molecule has 5 nitrogen and oxygen atoms in total. The Morgan fingerprint density at radius 1 is 1.25 bits per heavy atom. The third kappa shape index (κ3) is 2.82. The Morgan fingerprint density at radius 2 is 2.04 bits per heavy atom. The number of hydrogen-bond acceptors (Lipinski definition) is 3. The number of anilines is 1. The van der Waals surface area contributed by atoms with Crippen molar-refractivity contribution in [3.8, 4) is 5.75 Å². The van der Waals surface area contributed by atoms with Crippen LogP contribution in [0.2, 0.25) is 0 Å². The van der Waals surface area contributed by atoms with Crippen LogP contribution >= 0.6 is 0 Å². The molecule has 24 heavy (non-hydrogen) atoms. The van der Waals surface area contributed by atoms with Crippen molar-refractivity contribution < 1.29 is 9.53 Å². The van der Waals surface area contributed by atoms with E-state index in [1.807, 2.05) is 31.2 Å². The molecule has 2 heterocycles. The lowest BCUT2D eigenvalue weighted by molar-refractivity contribution is 0.0987. The van der Waals surface area contributed by atoms with Gasteiger partial charge in [-0.05, 0) is 43.9 Å². The number of amides is 1. The lowest BCUT2D eigenvalue weighted by Crippen LogP contribution is -2.34. The van der Waals surface area contributed by atoms with Gasteiger partial charge in [0.05, 0.1) is 7.11 Å². The molecule has 5 heteroatoms. The highest BCUT2D eigenvalue weighted by Crippen LogP contribution is 2.28. The zero-order valence-electron chi connectivity index (χ0n) is 14.3. The van der Waals surface area contributed by atoms with Gasteiger partial charge >= 0.3 is 0 Å². The van der Waals surface area contributed by atoms with E-state index in [4.69, 9.17) is 4.74 Å². The van der Waals surface area contributed by atoms with Gasteiger partial charge in [0.2, 0.25) is 0 Å². The van der Waals surface area contributed by atoms with Gasteiger partial charge in [0.1, 0.15) is 11.3 Å². The molecule has 1 aromatic heterocycles. The standard InChI is InChI=1S/C19H22N2O3/c1-13-7-6-8-14(11-13)20(2)19(23)18-15-9-4-5-10-21(15)17(22)12-16(18)24-3/h6-8,11-12H,4-5,9-10H2,1-3H3. The number of carbonyl (C=O) groups is 1. The van der Waals surface area contributed by atoms with Gasteiger partial charge in [-0.15, -0.1) is 0 Å². The minimum absolute atomic E-state index is 0.101. The largest absolute Gasteiger partial charge is 0.496 e. The molecule has 0 spiro atoms. The van der Waals surface area contributed by atoms with E-state index in [-0.39, 0.29) is 11.5 Å². The van der Waals surface area contributed by atoms with E-state index in [1.165, 1.54) is 13.2 Å². The fourth-order valence-electron chi connectivity index (χ4n) is 3.25. The Bertz CT molecular complexity index is 839. The minimum atomic E-state index is -0.150. The lowest BCUT2D eigenvalue weighted by atomic mass is 10.0. The first-order chi connectivity index (χ1) is 11.5. The van der Waals surface area contributed by atoms with Gasteiger partial charge in [-0.3, -0.25) is 9.59 Å². The topological polar surface area (TPSA) is 51.5 Å². The molecule has 3 rings (SSSR count). The van der Waals surface area contributed by atoms with Crippen LogP contribution in [0.3, 0.4) is 0 Å². The van der Waals surface area contributed by atoms with E-state index in [0.29, 0.717) is 17.9 Å². The van der Waals surface area contributed by atoms with Crippen molar-refractivity contribution in [2.24, 2.45) is 0 Å². The van der Waals surface area contributed by atoms with Crippen molar-refractivity contribution in [1.82, 2.24) is 4.57 Å². The van der Waals surface area contributed by atoms with Gasteiger partial charge in [-0.1, -0.05) is 12.1 Å². The molecule has 0 saturated carbocycles. The van der Waals surface area contributed by atoms with Gasteiger partial charge < -0.3 is 14.2 Å². The second kappa shape index (κ2) is 6.51. The Hall–Kier alpha value is -2.56. The molecule has 0 radical (unpaired) electrons. The number of carbonyl (C=O) groups excluding carboxylic acids is 1. The van der Waals surface area contributed by atoms with Crippen LogP contribution in [0.25, 0.3) is 0 Å². The summed E-state index contributed by atoms with van der Waals surface area (Å²) in [4.78, 5) is 27.0. The fourth-order valence-corrected chi connectivity index (χ4v) is 3.25. The molecule has 2 aromatic rings. The van der Waals surface area contributed by atoms with Crippen molar-refractivity contribution in [2.75, 3.05) is 19.1 Å². The number of fused-ring (bicyclic) bond motifs is 1. The summed E-state index contributed by atoms with van der Waals surface area (Å²) in [5.74, 6) is 0.209. The summed E-state index contributed by atoms with van der Waals surface area (Å²) < 4.78 is 7.07. The van der Waals surface area contributed by atoms with Crippen LogP contribution < -0.4 is 15.2 Å². The van der Waals surface area contributed by atoms with Crippen molar-refractivity contribution in [2.45, 2.75) is 32.7 Å². The number of nitrogens with zero attached hydrogens (tertiary/aromatic N) is 2. The van der Waals surface area contributed by atoms with E-state index in [2.05, 4.69) is 0 Å². The Morgan fingerprint density at radius 3 is 2.75 bits per heavy atom. The van der Waals surface area contributed by atoms with E-state index in [9.17, 15) is 9.59 Å². The average Bonchev–Trinajstić information content (AvgIpc) is 2.60. The molecule has 0 saturated heterocycles. The maximum atomic E-state index is 13.1. The third-order valence-corrected chi connectivity index (χ3v) is 4.55. The third-order valence-electron chi connectivity index (χ3n) is 4.55. The van der Waals surface area contributed by atoms with Gasteiger partial charge in [0, 0.05) is 31.0 Å². The van der Waals surface area contributed by atoms with Crippen LogP contribution in [0.4, 0.5) is 5.69 Å². The fraction of sp³-hybridized carbons (Fsp3) is 0.368. The van der Waals surface area contributed by atoms with Gasteiger partial charge in [-0.2, -0.15) is 0 Å². The first-order valence-corrected chi connectivity index (χ1v) is 8.18. The smallest absolute Gasteiger partial charge is 0.263 e. The van der Waals surface area contributed by atoms with Gasteiger partial charge in [-0.25, -0.2) is 0 Å². The van der Waals surface area contributed by atoms with Gasteiger partial charge in [0.15, 0.2) is 0 Å². The highest BCUT2D eigenvalue weighted by Gasteiger charge is 2.26. The summed E-state index contributed by atoms with van der Waals surface area (Å²) in [6.07, 6.45) is 2.65. The highest BCUT2D eigenvalue weighted by molar-refractivity contribution is 6.08. The zero-order valence-corrected chi connectivity index (χ0v) is 14.3. The van der Waals surface area contributed by atoms with Crippen LogP contribution in [0.5, 0.6) is 5.75 Å². The molecule has 1 aromatic carbocycles. The van der Waals surface area contributed by atoms with E-state index in [0.717, 1.165) is 36.2 Å². The van der Waals surface area contributed by atoms with Gasteiger partial charge in [0.25, 0.3) is 11.5 Å². The van der Waals surface area contributed by atoms with Crippen LogP contribution in [0.1, 0.15) is 34.5 Å². The molecule has 1 aliphatic heterocycles. The number of hydrogen-bond donors (Lipinski definition) is 0. The SMILES string of the molecule is COc1cc(=O)n2c(c1C(=O)N(C)c1cccc(C)c1)CCCC2. The predicted octanol–water partition coefficient (Wildman–Crippen LogP) is 2.78. The first-order valence-electron chi connectivity index (χ1n) is 8.18. The molecule has 0 fully saturated rings. The normalized spacial score (nSPS) is 13.3. The Labute approximate surface area is 141 Å². The van der Waals surface area contributed by atoms with Crippen molar-refractivity contribution in [1.29, 1.82) is 0 Å². The number of benzene rings is 1. The van der Waals surface area contributed by atoms with Crippen LogP contribution in [0.15, 0.2) is 35.1 Å². The summed E-state index contributed by atoms with van der Waals surface area (Å²) in [5, 5.41) is 0. The van der Waals surface area contributed by atoms with Crippen LogP contribution in [-0.2, 0) is 13.0 Å². The van der Waals surface area contributed by atoms with Crippen molar-refractivity contribution in [3.63, 3.8) is 0 Å². The molecule has 0 aliphatic carbocycles. The summed E-state index contributed by atoms with van der Waals surface area (Å²) in [6, 6.07) is 9.21. The zero-order chi connectivity index (χ0) is 17.3. The maximum Gasteiger partial charge on any atom is 0.263 e. The van der Waals surface area contributed by atoms with Crippen LogP contribution in [-0.4, -0.2) is 24.6 Å². The minimum Gasteiger partial charge on any atom is -0.496 e. The first kappa shape index (κ1) is 16.3. The maximum absolute atomic E-state index is 13.1. The summed E-state index contributed by atoms with van der Waals surface area (Å²) >= 11 is 0. The number of aryl methyl sites for hydroxylation is 1. The number of aromatic nitrogens is 1. The van der Waals surface area contributed by atoms with E-state index < -0.39 is 0 Å². The quantitative estimate of drug-likeness (QED) is 0.871. The summed E-state index contributed by atoms with van der Waals surface area (Å²) in [7, 11) is 3.25. The summed E-state index contributed by atoms with van der Waals surface area (Å²) in [6.45, 7) is 2.65. The number of pyridine rings is 1. The molecule has 0 atom stereocenters.